The molecule has 2 N–H and O–H groups in total. The zero-order valence-electron chi connectivity index (χ0n) is 10.7. The number of hydrogen-bond donors (Lipinski definition) is 2. The molecule has 1 aliphatic carbocycles. The summed E-state index contributed by atoms with van der Waals surface area (Å²) in [5, 5.41) is 12.6. The van der Waals surface area contributed by atoms with Crippen LogP contribution < -0.4 is 5.32 Å². The van der Waals surface area contributed by atoms with E-state index in [0.29, 0.717) is 6.04 Å². The van der Waals surface area contributed by atoms with Crippen LogP contribution in [0.15, 0.2) is 24.3 Å². The van der Waals surface area contributed by atoms with Gasteiger partial charge in [-0.25, -0.2) is 0 Å². The van der Waals surface area contributed by atoms with Gasteiger partial charge in [-0.3, -0.25) is 0 Å². The van der Waals surface area contributed by atoms with Gasteiger partial charge in [0.25, 0.3) is 0 Å². The van der Waals surface area contributed by atoms with Gasteiger partial charge >= 0.3 is 0 Å². The largest absolute Gasteiger partial charge is 0.392 e. The summed E-state index contributed by atoms with van der Waals surface area (Å²) in [6.07, 6.45) is 5.42. The predicted molar refractivity (Wildman–Crippen MR) is 70.6 cm³/mol. The highest BCUT2D eigenvalue weighted by atomic mass is 16.3. The van der Waals surface area contributed by atoms with Crippen LogP contribution >= 0.6 is 0 Å². The van der Waals surface area contributed by atoms with E-state index in [-0.39, 0.29) is 6.61 Å². The van der Waals surface area contributed by atoms with Gasteiger partial charge < -0.3 is 10.4 Å². The van der Waals surface area contributed by atoms with Crippen molar-refractivity contribution in [2.45, 2.75) is 51.8 Å². The molecule has 1 saturated carbocycles. The number of nitrogens with one attached hydrogen (secondary N) is 1. The fraction of sp³-hybridized carbons (Fsp3) is 0.600. The summed E-state index contributed by atoms with van der Waals surface area (Å²) in [5.74, 6) is 0.990. The van der Waals surface area contributed by atoms with E-state index in [1.165, 1.54) is 31.2 Å². The lowest BCUT2D eigenvalue weighted by atomic mass is 10.1. The van der Waals surface area contributed by atoms with Crippen molar-refractivity contribution in [1.82, 2.24) is 5.32 Å². The van der Waals surface area contributed by atoms with Crippen LogP contribution in [0.2, 0.25) is 0 Å². The summed E-state index contributed by atoms with van der Waals surface area (Å²) in [5.41, 5.74) is 2.29. The van der Waals surface area contributed by atoms with Crippen LogP contribution in [-0.4, -0.2) is 11.1 Å². The molecule has 0 amide bonds. The van der Waals surface area contributed by atoms with E-state index >= 15 is 0 Å². The van der Waals surface area contributed by atoms with Crippen molar-refractivity contribution >= 4 is 0 Å². The predicted octanol–water partition coefficient (Wildman–Crippen LogP) is 2.85. The SMILES string of the molecule is CCC(CC1CC1)NCc1ccc(CO)cc1. The second-order valence-corrected chi connectivity index (χ2v) is 5.14. The quantitative estimate of drug-likeness (QED) is 0.759. The van der Waals surface area contributed by atoms with Gasteiger partial charge in [-0.05, 0) is 29.9 Å². The van der Waals surface area contributed by atoms with Crippen LogP contribution in [0.5, 0.6) is 0 Å². The molecule has 1 unspecified atom stereocenters. The van der Waals surface area contributed by atoms with Crippen molar-refractivity contribution in [2.24, 2.45) is 5.92 Å². The van der Waals surface area contributed by atoms with Crippen molar-refractivity contribution in [3.05, 3.63) is 35.4 Å². The van der Waals surface area contributed by atoms with Gasteiger partial charge in [0.05, 0.1) is 6.61 Å². The van der Waals surface area contributed by atoms with E-state index in [9.17, 15) is 0 Å². The molecule has 2 heteroatoms. The number of rotatable bonds is 7. The molecular weight excluding hydrogens is 210 g/mol. The highest BCUT2D eigenvalue weighted by molar-refractivity contribution is 5.21. The summed E-state index contributed by atoms with van der Waals surface area (Å²) in [6, 6.07) is 8.86. The summed E-state index contributed by atoms with van der Waals surface area (Å²) >= 11 is 0. The van der Waals surface area contributed by atoms with Crippen LogP contribution in [0, 0.1) is 5.92 Å². The second-order valence-electron chi connectivity index (χ2n) is 5.14. The Labute approximate surface area is 104 Å². The molecule has 1 aromatic rings. The van der Waals surface area contributed by atoms with Gasteiger partial charge in [-0.2, -0.15) is 0 Å². The van der Waals surface area contributed by atoms with Gasteiger partial charge in [0.15, 0.2) is 0 Å². The van der Waals surface area contributed by atoms with Crippen LogP contribution in [0.3, 0.4) is 0 Å². The van der Waals surface area contributed by atoms with E-state index in [4.69, 9.17) is 5.11 Å². The van der Waals surface area contributed by atoms with Crippen molar-refractivity contribution in [2.75, 3.05) is 0 Å². The van der Waals surface area contributed by atoms with E-state index in [1.807, 2.05) is 12.1 Å². The third-order valence-corrected chi connectivity index (χ3v) is 3.61. The molecule has 0 radical (unpaired) electrons. The molecule has 17 heavy (non-hydrogen) atoms. The Balaban J connectivity index is 1.78. The number of benzene rings is 1. The number of aliphatic hydroxyl groups excluding tert-OH is 1. The highest BCUT2D eigenvalue weighted by Gasteiger charge is 2.24. The molecule has 0 aromatic heterocycles. The van der Waals surface area contributed by atoms with E-state index < -0.39 is 0 Å². The van der Waals surface area contributed by atoms with Crippen LogP contribution in [0.1, 0.15) is 43.7 Å². The molecule has 1 atom stereocenters. The summed E-state index contributed by atoms with van der Waals surface area (Å²) < 4.78 is 0. The molecule has 0 heterocycles. The minimum Gasteiger partial charge on any atom is -0.392 e. The van der Waals surface area contributed by atoms with E-state index in [1.54, 1.807) is 0 Å². The Kier molecular flexibility index (Phi) is 4.57. The third kappa shape index (κ3) is 4.14. The molecule has 1 aromatic carbocycles. The summed E-state index contributed by atoms with van der Waals surface area (Å²) in [6.45, 7) is 3.33. The van der Waals surface area contributed by atoms with Crippen molar-refractivity contribution in [3.8, 4) is 0 Å². The van der Waals surface area contributed by atoms with Gasteiger partial charge in [0.2, 0.25) is 0 Å². The molecule has 0 spiro atoms. The van der Waals surface area contributed by atoms with Crippen LogP contribution in [0.4, 0.5) is 0 Å². The molecule has 94 valence electrons. The average molecular weight is 233 g/mol. The zero-order chi connectivity index (χ0) is 12.1. The summed E-state index contributed by atoms with van der Waals surface area (Å²) in [4.78, 5) is 0. The van der Waals surface area contributed by atoms with Crippen molar-refractivity contribution in [1.29, 1.82) is 0 Å². The smallest absolute Gasteiger partial charge is 0.0681 e. The maximum absolute atomic E-state index is 8.98. The van der Waals surface area contributed by atoms with E-state index in [0.717, 1.165) is 18.0 Å². The Hall–Kier alpha value is -0.860. The maximum atomic E-state index is 8.98. The Morgan fingerprint density at radius 3 is 2.41 bits per heavy atom. The third-order valence-electron chi connectivity index (χ3n) is 3.61. The van der Waals surface area contributed by atoms with Crippen LogP contribution in [-0.2, 0) is 13.2 Å². The van der Waals surface area contributed by atoms with Gasteiger partial charge in [-0.15, -0.1) is 0 Å². The Morgan fingerprint density at radius 2 is 1.88 bits per heavy atom. The number of hydrogen-bond acceptors (Lipinski definition) is 2. The first kappa shape index (κ1) is 12.6. The minimum absolute atomic E-state index is 0.132. The van der Waals surface area contributed by atoms with Crippen molar-refractivity contribution in [3.63, 3.8) is 0 Å². The first-order valence-electron chi connectivity index (χ1n) is 6.74. The average Bonchev–Trinajstić information content (AvgIpc) is 3.19. The normalized spacial score (nSPS) is 17.1. The molecule has 1 fully saturated rings. The highest BCUT2D eigenvalue weighted by Crippen LogP contribution is 2.34. The fourth-order valence-corrected chi connectivity index (χ4v) is 2.17. The van der Waals surface area contributed by atoms with Crippen molar-refractivity contribution < 1.29 is 5.11 Å². The standard InChI is InChI=1S/C15H23NO/c1-2-15(9-12-3-4-12)16-10-13-5-7-14(11-17)8-6-13/h5-8,12,15-17H,2-4,9-11H2,1H3. The zero-order valence-corrected chi connectivity index (χ0v) is 10.7. The maximum Gasteiger partial charge on any atom is 0.0681 e. The van der Waals surface area contributed by atoms with Crippen LogP contribution in [0.25, 0.3) is 0 Å². The molecule has 0 bridgehead atoms. The van der Waals surface area contributed by atoms with E-state index in [2.05, 4.69) is 24.4 Å². The summed E-state index contributed by atoms with van der Waals surface area (Å²) in [7, 11) is 0. The topological polar surface area (TPSA) is 32.3 Å². The first-order chi connectivity index (χ1) is 8.31. The molecule has 2 rings (SSSR count). The van der Waals surface area contributed by atoms with Gasteiger partial charge in [0, 0.05) is 12.6 Å². The first-order valence-corrected chi connectivity index (χ1v) is 6.74. The second kappa shape index (κ2) is 6.18. The fourth-order valence-electron chi connectivity index (χ4n) is 2.17. The minimum atomic E-state index is 0.132. The molecular formula is C15H23NO. The number of aliphatic hydroxyl groups is 1. The van der Waals surface area contributed by atoms with Gasteiger partial charge in [-0.1, -0.05) is 44.0 Å². The molecule has 0 saturated heterocycles. The Morgan fingerprint density at radius 1 is 1.24 bits per heavy atom. The molecule has 0 aliphatic heterocycles. The monoisotopic (exact) mass is 233 g/mol. The molecule has 2 nitrogen and oxygen atoms in total. The molecule has 1 aliphatic rings. The lowest BCUT2D eigenvalue weighted by Crippen LogP contribution is -2.28. The lowest BCUT2D eigenvalue weighted by Gasteiger charge is -2.16. The lowest BCUT2D eigenvalue weighted by molar-refractivity contribution is 0.282. The Bertz CT molecular complexity index is 329. The van der Waals surface area contributed by atoms with Gasteiger partial charge in [0.1, 0.15) is 0 Å².